The predicted molar refractivity (Wildman–Crippen MR) is 106 cm³/mol. The fourth-order valence-electron chi connectivity index (χ4n) is 2.53. The summed E-state index contributed by atoms with van der Waals surface area (Å²) < 4.78 is 6.33. The Balaban J connectivity index is 1.51. The summed E-state index contributed by atoms with van der Waals surface area (Å²) in [5.74, 6) is -1.57. The summed E-state index contributed by atoms with van der Waals surface area (Å²) in [6.45, 7) is 1.77. The molecule has 30 heavy (non-hydrogen) atoms. The standard InChI is InChI=1S/C20H20N6O4/c1-14-6-8-15(9-7-14)10-21-19(28)12-30-20(29)16-4-2-3-5-17(16)23-18(27)11-26-13-22-24-25-26/h2-9,13H,10-12H2,1H3,(H,21,28)(H,23,27). The first-order valence-corrected chi connectivity index (χ1v) is 9.10. The SMILES string of the molecule is Cc1ccc(CNC(=O)COC(=O)c2ccccc2NC(=O)Cn2cnnn2)cc1. The molecule has 1 heterocycles. The predicted octanol–water partition coefficient (Wildman–Crippen LogP) is 1.09. The van der Waals surface area contributed by atoms with Crippen LogP contribution < -0.4 is 10.6 Å². The lowest BCUT2D eigenvalue weighted by Crippen LogP contribution is -2.28. The van der Waals surface area contributed by atoms with E-state index in [2.05, 4.69) is 26.2 Å². The zero-order valence-electron chi connectivity index (χ0n) is 16.2. The molecule has 2 N–H and O–H groups in total. The molecule has 10 heteroatoms. The number of nitrogens with one attached hydrogen (secondary N) is 2. The number of carbonyl (C=O) groups is 3. The number of benzene rings is 2. The van der Waals surface area contributed by atoms with Gasteiger partial charge in [0, 0.05) is 6.54 Å². The van der Waals surface area contributed by atoms with E-state index in [4.69, 9.17) is 4.74 Å². The Morgan fingerprint density at radius 1 is 1.03 bits per heavy atom. The van der Waals surface area contributed by atoms with Crippen molar-refractivity contribution in [2.24, 2.45) is 0 Å². The van der Waals surface area contributed by atoms with Crippen molar-refractivity contribution in [3.05, 3.63) is 71.5 Å². The van der Waals surface area contributed by atoms with Gasteiger partial charge in [0.1, 0.15) is 12.9 Å². The molecule has 0 spiro atoms. The molecular weight excluding hydrogens is 388 g/mol. The summed E-state index contributed by atoms with van der Waals surface area (Å²) in [5, 5.41) is 15.8. The number of para-hydroxylation sites is 1. The van der Waals surface area contributed by atoms with Crippen LogP contribution >= 0.6 is 0 Å². The molecule has 0 saturated carbocycles. The molecular formula is C20H20N6O4. The highest BCUT2D eigenvalue weighted by molar-refractivity contribution is 6.01. The van der Waals surface area contributed by atoms with Crippen molar-refractivity contribution in [1.29, 1.82) is 0 Å². The molecule has 0 aliphatic heterocycles. The van der Waals surface area contributed by atoms with Crippen molar-refractivity contribution in [3.63, 3.8) is 0 Å². The zero-order valence-corrected chi connectivity index (χ0v) is 16.2. The Labute approximate surface area is 172 Å². The van der Waals surface area contributed by atoms with Crippen LogP contribution in [0.2, 0.25) is 0 Å². The van der Waals surface area contributed by atoms with Gasteiger partial charge >= 0.3 is 5.97 Å². The Hall–Kier alpha value is -4.08. The molecule has 10 nitrogen and oxygen atoms in total. The molecule has 3 rings (SSSR count). The average Bonchev–Trinajstić information content (AvgIpc) is 3.25. The molecule has 0 bridgehead atoms. The maximum absolute atomic E-state index is 12.4. The minimum absolute atomic E-state index is 0.113. The Morgan fingerprint density at radius 2 is 1.80 bits per heavy atom. The van der Waals surface area contributed by atoms with E-state index in [9.17, 15) is 14.4 Å². The highest BCUT2D eigenvalue weighted by Gasteiger charge is 2.16. The first-order chi connectivity index (χ1) is 14.5. The number of tetrazole rings is 1. The minimum atomic E-state index is -0.723. The highest BCUT2D eigenvalue weighted by Crippen LogP contribution is 2.16. The smallest absolute Gasteiger partial charge is 0.340 e. The molecule has 0 radical (unpaired) electrons. The zero-order chi connectivity index (χ0) is 21.3. The summed E-state index contributed by atoms with van der Waals surface area (Å²) in [4.78, 5) is 36.5. The highest BCUT2D eigenvalue weighted by atomic mass is 16.5. The second kappa shape index (κ2) is 9.92. The van der Waals surface area contributed by atoms with Crippen LogP contribution in [0, 0.1) is 6.92 Å². The molecule has 1 aromatic heterocycles. The molecule has 154 valence electrons. The first-order valence-electron chi connectivity index (χ1n) is 9.10. The molecule has 2 aromatic carbocycles. The Kier molecular flexibility index (Phi) is 6.83. The summed E-state index contributed by atoms with van der Waals surface area (Å²) in [7, 11) is 0. The molecule has 0 saturated heterocycles. The molecule has 0 atom stereocenters. The number of hydrogen-bond acceptors (Lipinski definition) is 7. The van der Waals surface area contributed by atoms with E-state index in [1.807, 2.05) is 31.2 Å². The van der Waals surface area contributed by atoms with Gasteiger partial charge in [-0.1, -0.05) is 42.0 Å². The summed E-state index contributed by atoms with van der Waals surface area (Å²) in [6, 6.07) is 14.1. The first kappa shape index (κ1) is 20.6. The Bertz CT molecular complexity index is 1020. The number of anilines is 1. The lowest BCUT2D eigenvalue weighted by Gasteiger charge is -2.11. The third kappa shape index (κ3) is 5.96. The number of aryl methyl sites for hydroxylation is 1. The van der Waals surface area contributed by atoms with Gasteiger partial charge in [-0.2, -0.15) is 0 Å². The normalized spacial score (nSPS) is 10.3. The topological polar surface area (TPSA) is 128 Å². The third-order valence-corrected chi connectivity index (χ3v) is 4.06. The Morgan fingerprint density at radius 3 is 2.53 bits per heavy atom. The van der Waals surface area contributed by atoms with Gasteiger partial charge in [-0.15, -0.1) is 5.10 Å². The van der Waals surface area contributed by atoms with Gasteiger partial charge in [0.05, 0.1) is 11.3 Å². The lowest BCUT2D eigenvalue weighted by atomic mass is 10.1. The van der Waals surface area contributed by atoms with Gasteiger partial charge in [-0.05, 0) is 35.0 Å². The number of rotatable bonds is 8. The number of nitrogens with zero attached hydrogens (tertiary/aromatic N) is 4. The number of amides is 2. The van der Waals surface area contributed by atoms with Gasteiger partial charge in [0.2, 0.25) is 5.91 Å². The van der Waals surface area contributed by atoms with Crippen LogP contribution in [0.15, 0.2) is 54.9 Å². The van der Waals surface area contributed by atoms with E-state index in [0.717, 1.165) is 11.1 Å². The quantitative estimate of drug-likeness (QED) is 0.534. The van der Waals surface area contributed by atoms with Crippen LogP contribution in [0.4, 0.5) is 5.69 Å². The minimum Gasteiger partial charge on any atom is -0.452 e. The van der Waals surface area contributed by atoms with Crippen LogP contribution in [-0.2, 0) is 27.4 Å². The molecule has 0 aliphatic rings. The van der Waals surface area contributed by atoms with E-state index in [0.29, 0.717) is 6.54 Å². The van der Waals surface area contributed by atoms with Crippen molar-refractivity contribution in [2.45, 2.75) is 20.0 Å². The van der Waals surface area contributed by atoms with E-state index in [1.165, 1.54) is 17.1 Å². The van der Waals surface area contributed by atoms with E-state index in [-0.39, 0.29) is 17.8 Å². The van der Waals surface area contributed by atoms with Crippen LogP contribution in [0.3, 0.4) is 0 Å². The van der Waals surface area contributed by atoms with E-state index in [1.54, 1.807) is 18.2 Å². The second-order valence-electron chi connectivity index (χ2n) is 6.44. The number of carbonyl (C=O) groups excluding carboxylic acids is 3. The largest absolute Gasteiger partial charge is 0.452 e. The van der Waals surface area contributed by atoms with Crippen molar-refractivity contribution in [2.75, 3.05) is 11.9 Å². The van der Waals surface area contributed by atoms with Crippen molar-refractivity contribution < 1.29 is 19.1 Å². The maximum atomic E-state index is 12.4. The van der Waals surface area contributed by atoms with Crippen molar-refractivity contribution in [3.8, 4) is 0 Å². The van der Waals surface area contributed by atoms with Crippen LogP contribution in [-0.4, -0.2) is 44.6 Å². The monoisotopic (exact) mass is 408 g/mol. The van der Waals surface area contributed by atoms with E-state index < -0.39 is 24.4 Å². The molecule has 2 amide bonds. The fourth-order valence-corrected chi connectivity index (χ4v) is 2.53. The number of hydrogen-bond donors (Lipinski definition) is 2. The summed E-state index contributed by atoms with van der Waals surface area (Å²) >= 11 is 0. The van der Waals surface area contributed by atoms with Gasteiger partial charge in [0.15, 0.2) is 6.61 Å². The lowest BCUT2D eigenvalue weighted by molar-refractivity contribution is -0.124. The molecule has 0 fully saturated rings. The number of aromatic nitrogens is 4. The van der Waals surface area contributed by atoms with Crippen LogP contribution in [0.25, 0.3) is 0 Å². The van der Waals surface area contributed by atoms with Crippen LogP contribution in [0.1, 0.15) is 21.5 Å². The van der Waals surface area contributed by atoms with Crippen LogP contribution in [0.5, 0.6) is 0 Å². The second-order valence-corrected chi connectivity index (χ2v) is 6.44. The van der Waals surface area contributed by atoms with Gasteiger partial charge in [-0.3, -0.25) is 9.59 Å². The van der Waals surface area contributed by atoms with E-state index >= 15 is 0 Å². The third-order valence-electron chi connectivity index (χ3n) is 4.06. The van der Waals surface area contributed by atoms with Gasteiger partial charge in [-0.25, -0.2) is 9.48 Å². The molecule has 0 unspecified atom stereocenters. The van der Waals surface area contributed by atoms with Crippen molar-refractivity contribution in [1.82, 2.24) is 25.5 Å². The van der Waals surface area contributed by atoms with Gasteiger partial charge < -0.3 is 15.4 Å². The molecule has 3 aromatic rings. The average molecular weight is 408 g/mol. The number of esters is 1. The number of ether oxygens (including phenoxy) is 1. The maximum Gasteiger partial charge on any atom is 0.340 e. The summed E-state index contributed by atoms with van der Waals surface area (Å²) in [5.41, 5.74) is 2.47. The summed E-state index contributed by atoms with van der Waals surface area (Å²) in [6.07, 6.45) is 1.30. The molecule has 0 aliphatic carbocycles. The van der Waals surface area contributed by atoms with Gasteiger partial charge in [0.25, 0.3) is 5.91 Å². The fraction of sp³-hybridized carbons (Fsp3) is 0.200. The van der Waals surface area contributed by atoms with Crippen molar-refractivity contribution >= 4 is 23.5 Å².